The van der Waals surface area contributed by atoms with E-state index in [0.29, 0.717) is 6.04 Å². The molecule has 1 aromatic rings. The van der Waals surface area contributed by atoms with Crippen molar-refractivity contribution in [3.05, 3.63) is 35.4 Å². The highest BCUT2D eigenvalue weighted by Gasteiger charge is 2.20. The first-order valence-electron chi connectivity index (χ1n) is 6.65. The van der Waals surface area contributed by atoms with Crippen molar-refractivity contribution < 1.29 is 5.11 Å². The Balaban J connectivity index is 1.84. The summed E-state index contributed by atoms with van der Waals surface area (Å²) in [6, 6.07) is 8.90. The van der Waals surface area contributed by atoms with Gasteiger partial charge in [-0.2, -0.15) is 0 Å². The van der Waals surface area contributed by atoms with Gasteiger partial charge in [-0.25, -0.2) is 0 Å². The molecule has 1 fully saturated rings. The molecule has 2 heteroatoms. The predicted molar refractivity (Wildman–Crippen MR) is 71.0 cm³/mol. The summed E-state index contributed by atoms with van der Waals surface area (Å²) in [7, 11) is 0. The Bertz CT molecular complexity index is 346. The molecule has 17 heavy (non-hydrogen) atoms. The van der Waals surface area contributed by atoms with Crippen LogP contribution >= 0.6 is 0 Å². The summed E-state index contributed by atoms with van der Waals surface area (Å²) in [4.78, 5) is 2.48. The topological polar surface area (TPSA) is 23.5 Å². The molecule has 1 heterocycles. The summed E-state index contributed by atoms with van der Waals surface area (Å²) in [5.74, 6) is 0. The number of hydrogen-bond acceptors (Lipinski definition) is 2. The highest BCUT2D eigenvalue weighted by Crippen LogP contribution is 2.21. The van der Waals surface area contributed by atoms with Crippen molar-refractivity contribution in [2.75, 3.05) is 13.1 Å². The molecule has 2 atom stereocenters. The molecule has 1 aromatic carbocycles. The number of aliphatic hydroxyl groups excluding tert-OH is 1. The zero-order valence-electron chi connectivity index (χ0n) is 10.9. The van der Waals surface area contributed by atoms with Crippen LogP contribution in [0, 0.1) is 6.92 Å². The van der Waals surface area contributed by atoms with Crippen LogP contribution in [0.2, 0.25) is 0 Å². The zero-order valence-corrected chi connectivity index (χ0v) is 10.9. The van der Waals surface area contributed by atoms with Gasteiger partial charge in [0, 0.05) is 12.6 Å². The normalized spacial score (nSPS) is 22.9. The number of rotatable bonds is 4. The summed E-state index contributed by atoms with van der Waals surface area (Å²) in [6.45, 7) is 6.56. The number of nitrogens with zero attached hydrogens (tertiary/aromatic N) is 1. The summed E-state index contributed by atoms with van der Waals surface area (Å²) in [5.41, 5.74) is 2.29. The van der Waals surface area contributed by atoms with Crippen LogP contribution in [-0.4, -0.2) is 29.1 Å². The highest BCUT2D eigenvalue weighted by molar-refractivity contribution is 5.23. The van der Waals surface area contributed by atoms with Gasteiger partial charge < -0.3 is 10.0 Å². The van der Waals surface area contributed by atoms with Crippen molar-refractivity contribution in [1.29, 1.82) is 0 Å². The summed E-state index contributed by atoms with van der Waals surface area (Å²) >= 11 is 0. The van der Waals surface area contributed by atoms with Crippen LogP contribution in [0.5, 0.6) is 0 Å². The van der Waals surface area contributed by atoms with Crippen molar-refractivity contribution in [2.24, 2.45) is 0 Å². The van der Waals surface area contributed by atoms with Gasteiger partial charge in [-0.15, -0.1) is 0 Å². The molecular formula is C15H23NO. The molecule has 0 amide bonds. The lowest BCUT2D eigenvalue weighted by Gasteiger charge is -2.22. The lowest BCUT2D eigenvalue weighted by atomic mass is 10.0. The maximum atomic E-state index is 10.1. The van der Waals surface area contributed by atoms with E-state index in [1.807, 2.05) is 12.1 Å². The van der Waals surface area contributed by atoms with Gasteiger partial charge in [0.25, 0.3) is 0 Å². The van der Waals surface area contributed by atoms with E-state index in [1.54, 1.807) is 0 Å². The molecule has 2 unspecified atom stereocenters. The molecule has 2 rings (SSSR count). The highest BCUT2D eigenvalue weighted by atomic mass is 16.3. The van der Waals surface area contributed by atoms with Crippen molar-refractivity contribution in [3.63, 3.8) is 0 Å². The average Bonchev–Trinajstić information content (AvgIpc) is 2.73. The number of likely N-dealkylation sites (tertiary alicyclic amines) is 1. The summed E-state index contributed by atoms with van der Waals surface area (Å²) in [5, 5.41) is 10.1. The summed E-state index contributed by atoms with van der Waals surface area (Å²) < 4.78 is 0. The first kappa shape index (κ1) is 12.6. The Morgan fingerprint density at radius 1 is 1.35 bits per heavy atom. The monoisotopic (exact) mass is 233 g/mol. The molecule has 1 N–H and O–H groups in total. The fourth-order valence-corrected chi connectivity index (χ4v) is 2.57. The minimum atomic E-state index is -0.316. The van der Waals surface area contributed by atoms with E-state index in [-0.39, 0.29) is 6.10 Å². The standard InChI is InChI=1S/C15H23NO/c1-12-5-7-14(8-6-12)15(17)9-11-16-10-3-4-13(16)2/h5-8,13,15,17H,3-4,9-11H2,1-2H3. The summed E-state index contributed by atoms with van der Waals surface area (Å²) in [6.07, 6.45) is 3.14. The van der Waals surface area contributed by atoms with Crippen molar-refractivity contribution in [3.8, 4) is 0 Å². The second kappa shape index (κ2) is 5.65. The van der Waals surface area contributed by atoms with Gasteiger partial charge in [0.15, 0.2) is 0 Å². The predicted octanol–water partition coefficient (Wildman–Crippen LogP) is 2.90. The van der Waals surface area contributed by atoms with Crippen molar-refractivity contribution in [1.82, 2.24) is 4.90 Å². The second-order valence-corrected chi connectivity index (χ2v) is 5.24. The molecule has 0 aromatic heterocycles. The van der Waals surface area contributed by atoms with Crippen LogP contribution in [-0.2, 0) is 0 Å². The molecule has 0 bridgehead atoms. The first-order chi connectivity index (χ1) is 8.16. The van der Waals surface area contributed by atoms with Crippen molar-refractivity contribution in [2.45, 2.75) is 45.3 Å². The minimum Gasteiger partial charge on any atom is -0.388 e. The van der Waals surface area contributed by atoms with Crippen LogP contribution in [0.3, 0.4) is 0 Å². The number of hydrogen-bond donors (Lipinski definition) is 1. The fourth-order valence-electron chi connectivity index (χ4n) is 2.57. The molecule has 1 aliphatic rings. The van der Waals surface area contributed by atoms with Crippen LogP contribution in [0.15, 0.2) is 24.3 Å². The van der Waals surface area contributed by atoms with Gasteiger partial charge in [-0.3, -0.25) is 0 Å². The van der Waals surface area contributed by atoms with E-state index in [9.17, 15) is 5.11 Å². The Morgan fingerprint density at radius 2 is 2.06 bits per heavy atom. The number of aliphatic hydroxyl groups is 1. The van der Waals surface area contributed by atoms with Crippen LogP contribution in [0.4, 0.5) is 0 Å². The molecule has 1 saturated heterocycles. The van der Waals surface area contributed by atoms with Crippen LogP contribution < -0.4 is 0 Å². The van der Waals surface area contributed by atoms with Crippen molar-refractivity contribution >= 4 is 0 Å². The van der Waals surface area contributed by atoms with Gasteiger partial charge in [0.2, 0.25) is 0 Å². The van der Waals surface area contributed by atoms with Crippen LogP contribution in [0.25, 0.3) is 0 Å². The maximum absolute atomic E-state index is 10.1. The quantitative estimate of drug-likeness (QED) is 0.864. The zero-order chi connectivity index (χ0) is 12.3. The third-order valence-electron chi connectivity index (χ3n) is 3.84. The molecule has 94 valence electrons. The maximum Gasteiger partial charge on any atom is 0.0802 e. The number of aryl methyl sites for hydroxylation is 1. The smallest absolute Gasteiger partial charge is 0.0802 e. The Hall–Kier alpha value is -0.860. The Labute approximate surface area is 104 Å². The molecule has 2 nitrogen and oxygen atoms in total. The van der Waals surface area contributed by atoms with Gasteiger partial charge in [-0.1, -0.05) is 29.8 Å². The van der Waals surface area contributed by atoms with E-state index >= 15 is 0 Å². The third kappa shape index (κ3) is 3.30. The lowest BCUT2D eigenvalue weighted by Crippen LogP contribution is -2.28. The third-order valence-corrected chi connectivity index (χ3v) is 3.84. The Kier molecular flexibility index (Phi) is 4.19. The van der Waals surface area contributed by atoms with Gasteiger partial charge in [0.05, 0.1) is 6.10 Å². The molecule has 0 aliphatic carbocycles. The van der Waals surface area contributed by atoms with E-state index in [4.69, 9.17) is 0 Å². The van der Waals surface area contributed by atoms with Gasteiger partial charge in [-0.05, 0) is 45.2 Å². The molecular weight excluding hydrogens is 210 g/mol. The average molecular weight is 233 g/mol. The number of benzene rings is 1. The van der Waals surface area contributed by atoms with E-state index in [2.05, 4.69) is 30.9 Å². The lowest BCUT2D eigenvalue weighted by molar-refractivity contribution is 0.140. The van der Waals surface area contributed by atoms with Gasteiger partial charge >= 0.3 is 0 Å². The molecule has 0 radical (unpaired) electrons. The molecule has 0 spiro atoms. The largest absolute Gasteiger partial charge is 0.388 e. The molecule has 1 aliphatic heterocycles. The second-order valence-electron chi connectivity index (χ2n) is 5.24. The molecule has 0 saturated carbocycles. The Morgan fingerprint density at radius 3 is 2.65 bits per heavy atom. The first-order valence-corrected chi connectivity index (χ1v) is 6.65. The minimum absolute atomic E-state index is 0.316. The van der Waals surface area contributed by atoms with Gasteiger partial charge in [0.1, 0.15) is 0 Å². The van der Waals surface area contributed by atoms with E-state index in [1.165, 1.54) is 24.9 Å². The van der Waals surface area contributed by atoms with Crippen LogP contribution in [0.1, 0.15) is 43.4 Å². The SMILES string of the molecule is Cc1ccc(C(O)CCN2CCCC2C)cc1. The van der Waals surface area contributed by atoms with E-state index < -0.39 is 0 Å². The van der Waals surface area contributed by atoms with E-state index in [0.717, 1.165) is 18.5 Å². The fraction of sp³-hybridized carbons (Fsp3) is 0.600.